The minimum Gasteiger partial charge on any atom is -0.316 e. The summed E-state index contributed by atoms with van der Waals surface area (Å²) >= 11 is 0. The maximum Gasteiger partial charge on any atom is 0.140 e. The molecular formula is C13H25NO. The lowest BCUT2D eigenvalue weighted by molar-refractivity contribution is -0.130. The van der Waals surface area contributed by atoms with Crippen LogP contribution in [0.4, 0.5) is 0 Å². The first-order valence-electron chi connectivity index (χ1n) is 6.35. The lowest BCUT2D eigenvalue weighted by atomic mass is 9.73. The van der Waals surface area contributed by atoms with Gasteiger partial charge in [-0.05, 0) is 38.1 Å². The topological polar surface area (TPSA) is 29.1 Å². The number of carbonyl (C=O) groups is 1. The molecule has 15 heavy (non-hydrogen) atoms. The second kappa shape index (κ2) is 5.64. The van der Waals surface area contributed by atoms with Gasteiger partial charge >= 0.3 is 0 Å². The second-order valence-electron chi connectivity index (χ2n) is 5.27. The number of Topliss-reactive ketones (excluding diaryl/α,β-unsaturated/α-hetero) is 1. The highest BCUT2D eigenvalue weighted by molar-refractivity contribution is 5.85. The van der Waals surface area contributed by atoms with Gasteiger partial charge in [-0.2, -0.15) is 0 Å². The van der Waals surface area contributed by atoms with E-state index in [9.17, 15) is 4.79 Å². The highest BCUT2D eigenvalue weighted by Gasteiger charge is 2.36. The van der Waals surface area contributed by atoms with E-state index in [2.05, 4.69) is 26.1 Å². The molecule has 2 nitrogen and oxygen atoms in total. The summed E-state index contributed by atoms with van der Waals surface area (Å²) in [6.07, 6.45) is 5.05. The van der Waals surface area contributed by atoms with Crippen molar-refractivity contribution in [1.82, 2.24) is 5.32 Å². The Morgan fingerprint density at radius 1 is 1.47 bits per heavy atom. The van der Waals surface area contributed by atoms with Gasteiger partial charge < -0.3 is 5.32 Å². The first-order valence-corrected chi connectivity index (χ1v) is 6.35. The zero-order valence-electron chi connectivity index (χ0n) is 10.4. The first-order chi connectivity index (χ1) is 7.10. The van der Waals surface area contributed by atoms with Crippen LogP contribution in [0.15, 0.2) is 0 Å². The summed E-state index contributed by atoms with van der Waals surface area (Å²) in [5.41, 5.74) is -0.0346. The van der Waals surface area contributed by atoms with E-state index >= 15 is 0 Å². The number of rotatable bonds is 5. The van der Waals surface area contributed by atoms with Crippen LogP contribution in [0.1, 0.15) is 52.9 Å². The Morgan fingerprint density at radius 3 is 2.67 bits per heavy atom. The molecule has 0 aromatic rings. The van der Waals surface area contributed by atoms with Gasteiger partial charge in [0, 0.05) is 18.4 Å². The van der Waals surface area contributed by atoms with Crippen LogP contribution in [-0.4, -0.2) is 18.9 Å². The van der Waals surface area contributed by atoms with E-state index in [0.29, 0.717) is 11.7 Å². The van der Waals surface area contributed by atoms with E-state index in [1.54, 1.807) is 0 Å². The van der Waals surface area contributed by atoms with Crippen molar-refractivity contribution in [1.29, 1.82) is 0 Å². The Kier molecular flexibility index (Phi) is 4.78. The molecule has 1 rings (SSSR count). The van der Waals surface area contributed by atoms with Crippen molar-refractivity contribution in [3.8, 4) is 0 Å². The van der Waals surface area contributed by atoms with E-state index in [-0.39, 0.29) is 5.41 Å². The van der Waals surface area contributed by atoms with Crippen molar-refractivity contribution in [2.24, 2.45) is 11.3 Å². The van der Waals surface area contributed by atoms with Crippen molar-refractivity contribution in [2.75, 3.05) is 13.1 Å². The maximum absolute atomic E-state index is 12.2. The average molecular weight is 211 g/mol. The second-order valence-corrected chi connectivity index (χ2v) is 5.27. The van der Waals surface area contributed by atoms with Crippen LogP contribution in [0.2, 0.25) is 0 Å². The maximum atomic E-state index is 12.2. The smallest absolute Gasteiger partial charge is 0.140 e. The summed E-state index contributed by atoms with van der Waals surface area (Å²) < 4.78 is 0. The third kappa shape index (κ3) is 3.30. The molecule has 0 aromatic heterocycles. The number of piperidine rings is 1. The van der Waals surface area contributed by atoms with Gasteiger partial charge in [0.05, 0.1) is 0 Å². The molecule has 0 spiro atoms. The van der Waals surface area contributed by atoms with E-state index in [1.165, 1.54) is 0 Å². The molecule has 1 heterocycles. The van der Waals surface area contributed by atoms with Crippen molar-refractivity contribution in [3.63, 3.8) is 0 Å². The average Bonchev–Trinajstić information content (AvgIpc) is 2.26. The van der Waals surface area contributed by atoms with E-state index < -0.39 is 0 Å². The van der Waals surface area contributed by atoms with Crippen LogP contribution in [0.25, 0.3) is 0 Å². The van der Waals surface area contributed by atoms with Crippen LogP contribution in [-0.2, 0) is 4.79 Å². The summed E-state index contributed by atoms with van der Waals surface area (Å²) in [4.78, 5) is 12.2. The molecule has 0 radical (unpaired) electrons. The Balaban J connectivity index is 2.52. The fourth-order valence-corrected chi connectivity index (χ4v) is 2.39. The molecule has 1 fully saturated rings. The number of carbonyl (C=O) groups excluding carboxylic acids is 1. The summed E-state index contributed by atoms with van der Waals surface area (Å²) in [5, 5.41) is 3.37. The molecular weight excluding hydrogens is 186 g/mol. The first kappa shape index (κ1) is 12.7. The zero-order valence-corrected chi connectivity index (χ0v) is 10.4. The number of nitrogens with one attached hydrogen (secondary N) is 1. The largest absolute Gasteiger partial charge is 0.316 e. The monoisotopic (exact) mass is 211 g/mol. The standard InChI is InChI=1S/C13H25NO/c1-4-13(8-5-9-14-10-13)12(15)7-6-11(2)3/h11,14H,4-10H2,1-3H3. The van der Waals surface area contributed by atoms with Gasteiger partial charge in [-0.15, -0.1) is 0 Å². The van der Waals surface area contributed by atoms with Crippen molar-refractivity contribution in [3.05, 3.63) is 0 Å². The molecule has 0 aliphatic carbocycles. The minimum absolute atomic E-state index is 0.0346. The van der Waals surface area contributed by atoms with Gasteiger partial charge in [0.15, 0.2) is 0 Å². The van der Waals surface area contributed by atoms with Crippen LogP contribution >= 0.6 is 0 Å². The summed E-state index contributed by atoms with van der Waals surface area (Å²) in [7, 11) is 0. The van der Waals surface area contributed by atoms with Gasteiger partial charge in [-0.25, -0.2) is 0 Å². The minimum atomic E-state index is -0.0346. The van der Waals surface area contributed by atoms with E-state index in [4.69, 9.17) is 0 Å². The molecule has 2 heteroatoms. The Bertz CT molecular complexity index is 205. The SMILES string of the molecule is CCC1(C(=O)CCC(C)C)CCCNC1. The van der Waals surface area contributed by atoms with Gasteiger partial charge in [0.25, 0.3) is 0 Å². The van der Waals surface area contributed by atoms with Crippen molar-refractivity contribution >= 4 is 5.78 Å². The molecule has 0 amide bonds. The molecule has 1 saturated heterocycles. The lowest BCUT2D eigenvalue weighted by Gasteiger charge is -2.35. The van der Waals surface area contributed by atoms with Gasteiger partial charge in [0.2, 0.25) is 0 Å². The van der Waals surface area contributed by atoms with Crippen LogP contribution < -0.4 is 5.32 Å². The molecule has 1 N–H and O–H groups in total. The summed E-state index contributed by atoms with van der Waals surface area (Å²) in [6, 6.07) is 0. The Hall–Kier alpha value is -0.370. The zero-order chi connectivity index (χ0) is 11.3. The fraction of sp³-hybridized carbons (Fsp3) is 0.923. The van der Waals surface area contributed by atoms with Crippen LogP contribution in [0.5, 0.6) is 0 Å². The molecule has 1 aliphatic heterocycles. The highest BCUT2D eigenvalue weighted by Crippen LogP contribution is 2.33. The molecule has 1 atom stereocenters. The highest BCUT2D eigenvalue weighted by atomic mass is 16.1. The molecule has 0 bridgehead atoms. The molecule has 0 aromatic carbocycles. The quantitative estimate of drug-likeness (QED) is 0.757. The van der Waals surface area contributed by atoms with Gasteiger partial charge in [-0.3, -0.25) is 4.79 Å². The van der Waals surface area contributed by atoms with E-state index in [1.807, 2.05) is 0 Å². The number of hydrogen-bond donors (Lipinski definition) is 1. The van der Waals surface area contributed by atoms with Crippen LogP contribution in [0.3, 0.4) is 0 Å². The normalized spacial score (nSPS) is 26.9. The fourth-order valence-electron chi connectivity index (χ4n) is 2.39. The lowest BCUT2D eigenvalue weighted by Crippen LogP contribution is -2.45. The molecule has 0 saturated carbocycles. The van der Waals surface area contributed by atoms with Gasteiger partial charge in [-0.1, -0.05) is 20.8 Å². The van der Waals surface area contributed by atoms with E-state index in [0.717, 1.165) is 45.2 Å². The predicted octanol–water partition coefficient (Wildman–Crippen LogP) is 2.77. The molecule has 1 aliphatic rings. The molecule has 88 valence electrons. The van der Waals surface area contributed by atoms with Crippen molar-refractivity contribution < 1.29 is 4.79 Å². The van der Waals surface area contributed by atoms with Gasteiger partial charge in [0.1, 0.15) is 5.78 Å². The third-order valence-electron chi connectivity index (χ3n) is 3.69. The summed E-state index contributed by atoms with van der Waals surface area (Å²) in [6.45, 7) is 8.51. The predicted molar refractivity (Wildman–Crippen MR) is 63.9 cm³/mol. The van der Waals surface area contributed by atoms with Crippen molar-refractivity contribution in [2.45, 2.75) is 52.9 Å². The number of ketones is 1. The third-order valence-corrected chi connectivity index (χ3v) is 3.69. The molecule has 1 unspecified atom stereocenters. The summed E-state index contributed by atoms with van der Waals surface area (Å²) in [5.74, 6) is 1.13. The van der Waals surface area contributed by atoms with Crippen LogP contribution in [0, 0.1) is 11.3 Å². The number of hydrogen-bond acceptors (Lipinski definition) is 2. The Labute approximate surface area is 93.8 Å². The Morgan fingerprint density at radius 2 is 2.20 bits per heavy atom.